The Morgan fingerprint density at radius 2 is 1.90 bits per heavy atom. The van der Waals surface area contributed by atoms with E-state index in [9.17, 15) is 4.79 Å². The summed E-state index contributed by atoms with van der Waals surface area (Å²) in [6, 6.07) is 7.36. The monoisotopic (exact) mass is 324 g/mol. The average molecular weight is 325 g/mol. The summed E-state index contributed by atoms with van der Waals surface area (Å²) in [5, 5.41) is 0.376. The Balaban J connectivity index is 2.24. The number of halogens is 1. The van der Waals surface area contributed by atoms with Gasteiger partial charge in [0.1, 0.15) is 0 Å². The molecule has 112 valence electrons. The van der Waals surface area contributed by atoms with Gasteiger partial charge in [-0.1, -0.05) is 18.5 Å². The normalized spacial score (nSPS) is 10.5. The van der Waals surface area contributed by atoms with Crippen molar-refractivity contribution in [3.05, 3.63) is 44.6 Å². The lowest BCUT2D eigenvalue weighted by molar-refractivity contribution is 0.0993. The molecular weight excluding hydrogens is 308 g/mol. The molecule has 0 saturated heterocycles. The van der Waals surface area contributed by atoms with Crippen LogP contribution in [-0.2, 0) is 12.8 Å². The molecule has 0 fully saturated rings. The molecule has 0 bridgehead atoms. The maximum atomic E-state index is 12.4. The first-order valence-electron chi connectivity index (χ1n) is 6.61. The summed E-state index contributed by atoms with van der Waals surface area (Å²) in [5.74, 6) is 0.927. The van der Waals surface area contributed by atoms with Crippen molar-refractivity contribution in [1.29, 1.82) is 0 Å². The highest BCUT2D eigenvalue weighted by atomic mass is 35.5. The second-order valence-corrected chi connectivity index (χ2v) is 6.18. The first-order valence-corrected chi connectivity index (χ1v) is 7.80. The summed E-state index contributed by atoms with van der Waals surface area (Å²) in [7, 11) is 3.04. The van der Waals surface area contributed by atoms with Crippen molar-refractivity contribution in [2.45, 2.75) is 19.8 Å². The van der Waals surface area contributed by atoms with Crippen molar-refractivity contribution in [3.63, 3.8) is 0 Å². The summed E-state index contributed by atoms with van der Waals surface area (Å²) in [6.45, 7) is 2.10. The highest BCUT2D eigenvalue weighted by Crippen LogP contribution is 2.36. The van der Waals surface area contributed by atoms with E-state index in [4.69, 9.17) is 21.1 Å². The van der Waals surface area contributed by atoms with Crippen LogP contribution >= 0.6 is 22.9 Å². The van der Waals surface area contributed by atoms with Crippen LogP contribution in [0.5, 0.6) is 11.5 Å². The molecule has 0 N–H and O–H groups in total. The molecule has 0 atom stereocenters. The van der Waals surface area contributed by atoms with Crippen LogP contribution in [0.2, 0.25) is 5.02 Å². The third kappa shape index (κ3) is 3.57. The molecule has 2 aromatic rings. The number of ether oxygens (including phenoxy) is 2. The van der Waals surface area contributed by atoms with E-state index in [1.165, 1.54) is 19.1 Å². The van der Waals surface area contributed by atoms with Gasteiger partial charge in [-0.3, -0.25) is 4.79 Å². The summed E-state index contributed by atoms with van der Waals surface area (Å²) in [6.07, 6.45) is 1.36. The van der Waals surface area contributed by atoms with Crippen LogP contribution in [0.4, 0.5) is 0 Å². The Bertz CT molecular complexity index is 649. The highest BCUT2D eigenvalue weighted by molar-refractivity contribution is 7.12. The number of methoxy groups -OCH3 is 2. The summed E-state index contributed by atoms with van der Waals surface area (Å²) in [5.41, 5.74) is 0.532. The molecule has 0 unspecified atom stereocenters. The summed E-state index contributed by atoms with van der Waals surface area (Å²) < 4.78 is 10.4. The Labute approximate surface area is 133 Å². The maximum Gasteiger partial charge on any atom is 0.179 e. The number of hydrogen-bond donors (Lipinski definition) is 0. The van der Waals surface area contributed by atoms with Gasteiger partial charge in [-0.15, -0.1) is 11.3 Å². The molecule has 0 aliphatic heterocycles. The Morgan fingerprint density at radius 1 is 1.19 bits per heavy atom. The van der Waals surface area contributed by atoms with Gasteiger partial charge in [0.25, 0.3) is 0 Å². The second kappa shape index (κ2) is 6.96. The molecule has 3 nitrogen and oxygen atoms in total. The number of carbonyl (C=O) groups is 1. The quantitative estimate of drug-likeness (QED) is 0.738. The third-order valence-corrected chi connectivity index (χ3v) is 4.67. The zero-order chi connectivity index (χ0) is 15.4. The van der Waals surface area contributed by atoms with Gasteiger partial charge in [-0.2, -0.15) is 0 Å². The number of thiophene rings is 1. The topological polar surface area (TPSA) is 35.5 Å². The largest absolute Gasteiger partial charge is 0.493 e. The average Bonchev–Trinajstić information content (AvgIpc) is 2.93. The highest BCUT2D eigenvalue weighted by Gasteiger charge is 2.16. The molecule has 1 heterocycles. The predicted molar refractivity (Wildman–Crippen MR) is 86.3 cm³/mol. The number of aryl methyl sites for hydroxylation is 1. The predicted octanol–water partition coefficient (Wildman–Crippen LogP) is 4.41. The van der Waals surface area contributed by atoms with Crippen molar-refractivity contribution >= 4 is 28.7 Å². The molecule has 1 aromatic heterocycles. The van der Waals surface area contributed by atoms with Crippen LogP contribution in [0.15, 0.2) is 24.3 Å². The third-order valence-electron chi connectivity index (χ3n) is 3.16. The molecular formula is C16H17ClO3S. The van der Waals surface area contributed by atoms with E-state index < -0.39 is 0 Å². The van der Waals surface area contributed by atoms with Crippen molar-refractivity contribution < 1.29 is 14.3 Å². The fraction of sp³-hybridized carbons (Fsp3) is 0.312. The van der Waals surface area contributed by atoms with Gasteiger partial charge in [0, 0.05) is 21.7 Å². The SMILES string of the molecule is CCc1ccc(CC(=O)c2cc(Cl)c(OC)c(OC)c2)s1. The van der Waals surface area contributed by atoms with Crippen LogP contribution in [0.3, 0.4) is 0 Å². The van der Waals surface area contributed by atoms with E-state index in [0.29, 0.717) is 28.5 Å². The van der Waals surface area contributed by atoms with E-state index in [1.54, 1.807) is 23.5 Å². The van der Waals surface area contributed by atoms with Crippen LogP contribution in [0.1, 0.15) is 27.0 Å². The summed E-state index contributed by atoms with van der Waals surface area (Å²) in [4.78, 5) is 14.7. The van der Waals surface area contributed by atoms with Gasteiger partial charge in [0.2, 0.25) is 0 Å². The molecule has 5 heteroatoms. The minimum Gasteiger partial charge on any atom is -0.493 e. The van der Waals surface area contributed by atoms with E-state index >= 15 is 0 Å². The zero-order valence-electron chi connectivity index (χ0n) is 12.2. The summed E-state index contributed by atoms with van der Waals surface area (Å²) >= 11 is 7.80. The van der Waals surface area contributed by atoms with E-state index in [-0.39, 0.29) is 5.78 Å². The fourth-order valence-electron chi connectivity index (χ4n) is 2.05. The van der Waals surface area contributed by atoms with Gasteiger partial charge >= 0.3 is 0 Å². The smallest absolute Gasteiger partial charge is 0.179 e. The van der Waals surface area contributed by atoms with Gasteiger partial charge in [-0.25, -0.2) is 0 Å². The van der Waals surface area contributed by atoms with Crippen molar-refractivity contribution in [2.24, 2.45) is 0 Å². The number of ketones is 1. The van der Waals surface area contributed by atoms with Crippen LogP contribution < -0.4 is 9.47 Å². The number of hydrogen-bond acceptors (Lipinski definition) is 4. The first-order chi connectivity index (χ1) is 10.1. The molecule has 0 aliphatic carbocycles. The van der Waals surface area contributed by atoms with Gasteiger partial charge < -0.3 is 9.47 Å². The molecule has 1 aromatic carbocycles. The van der Waals surface area contributed by atoms with E-state index in [1.807, 2.05) is 6.07 Å². The number of rotatable bonds is 6. The molecule has 0 spiro atoms. The molecule has 0 radical (unpaired) electrons. The van der Waals surface area contributed by atoms with Crippen LogP contribution in [0, 0.1) is 0 Å². The first kappa shape index (κ1) is 15.9. The van der Waals surface area contributed by atoms with Crippen molar-refractivity contribution in [1.82, 2.24) is 0 Å². The van der Waals surface area contributed by atoms with Gasteiger partial charge in [-0.05, 0) is 30.7 Å². The standard InChI is InChI=1S/C16H17ClO3S/c1-4-11-5-6-12(21-11)9-14(18)10-7-13(17)16(20-3)15(8-10)19-2/h5-8H,4,9H2,1-3H3. The number of Topliss-reactive ketones (excluding diaryl/α,β-unsaturated/α-hetero) is 1. The van der Waals surface area contributed by atoms with Crippen LogP contribution in [0.25, 0.3) is 0 Å². The lowest BCUT2D eigenvalue weighted by atomic mass is 10.1. The van der Waals surface area contributed by atoms with Crippen LogP contribution in [-0.4, -0.2) is 20.0 Å². The molecule has 2 rings (SSSR count). The van der Waals surface area contributed by atoms with E-state index in [2.05, 4.69) is 13.0 Å². The second-order valence-electron chi connectivity index (χ2n) is 4.52. The minimum absolute atomic E-state index is 0.0161. The number of benzene rings is 1. The van der Waals surface area contributed by atoms with Crippen molar-refractivity contribution in [2.75, 3.05) is 14.2 Å². The van der Waals surface area contributed by atoms with Crippen molar-refractivity contribution in [3.8, 4) is 11.5 Å². The molecule has 0 saturated carbocycles. The fourth-order valence-corrected chi connectivity index (χ4v) is 3.29. The Morgan fingerprint density at radius 3 is 2.48 bits per heavy atom. The number of carbonyl (C=O) groups excluding carboxylic acids is 1. The zero-order valence-corrected chi connectivity index (χ0v) is 13.8. The van der Waals surface area contributed by atoms with E-state index in [0.717, 1.165) is 11.3 Å². The molecule has 0 amide bonds. The van der Waals surface area contributed by atoms with Gasteiger partial charge in [0.05, 0.1) is 19.2 Å². The lowest BCUT2D eigenvalue weighted by Crippen LogP contribution is -2.04. The lowest BCUT2D eigenvalue weighted by Gasteiger charge is -2.11. The Hall–Kier alpha value is -1.52. The maximum absolute atomic E-state index is 12.4. The Kier molecular flexibility index (Phi) is 5.26. The minimum atomic E-state index is 0.0161. The van der Waals surface area contributed by atoms with Gasteiger partial charge in [0.15, 0.2) is 17.3 Å². The molecule has 21 heavy (non-hydrogen) atoms. The molecule has 0 aliphatic rings.